The molecule has 1 unspecified atom stereocenters. The van der Waals surface area contributed by atoms with Gasteiger partial charge in [0.15, 0.2) is 0 Å². The number of para-hydroxylation sites is 1. The molecule has 1 amide bonds. The predicted molar refractivity (Wildman–Crippen MR) is 120 cm³/mol. The van der Waals surface area contributed by atoms with Gasteiger partial charge in [-0.25, -0.2) is 4.98 Å². The quantitative estimate of drug-likeness (QED) is 0.501. The van der Waals surface area contributed by atoms with E-state index < -0.39 is 0 Å². The highest BCUT2D eigenvalue weighted by atomic mass is 16.1. The number of hydrogen-bond donors (Lipinski definition) is 1. The fourth-order valence-corrected chi connectivity index (χ4v) is 3.83. The maximum Gasteiger partial charge on any atom is 0.252 e. The first kappa shape index (κ1) is 19.8. The van der Waals surface area contributed by atoms with E-state index in [9.17, 15) is 4.79 Å². The van der Waals surface area contributed by atoms with Crippen molar-refractivity contribution in [2.75, 3.05) is 0 Å². The Labute approximate surface area is 176 Å². The lowest BCUT2D eigenvalue weighted by Gasteiger charge is -2.16. The van der Waals surface area contributed by atoms with Gasteiger partial charge in [0, 0.05) is 29.3 Å². The highest BCUT2D eigenvalue weighted by molar-refractivity contribution is 6.07. The second-order valence-electron chi connectivity index (χ2n) is 7.61. The summed E-state index contributed by atoms with van der Waals surface area (Å²) < 4.78 is 1.89. The molecule has 2 heterocycles. The van der Waals surface area contributed by atoms with E-state index in [1.165, 1.54) is 0 Å². The smallest absolute Gasteiger partial charge is 0.252 e. The van der Waals surface area contributed by atoms with Crippen LogP contribution in [0.25, 0.3) is 22.2 Å². The number of aromatic nitrogens is 3. The monoisotopic (exact) mass is 398 g/mol. The summed E-state index contributed by atoms with van der Waals surface area (Å²) >= 11 is 0. The molecule has 0 aliphatic heterocycles. The van der Waals surface area contributed by atoms with Gasteiger partial charge in [-0.1, -0.05) is 42.5 Å². The van der Waals surface area contributed by atoms with Crippen LogP contribution >= 0.6 is 0 Å². The van der Waals surface area contributed by atoms with Gasteiger partial charge in [-0.3, -0.25) is 9.48 Å². The van der Waals surface area contributed by atoms with Crippen LogP contribution in [0.1, 0.15) is 47.1 Å². The van der Waals surface area contributed by atoms with Crippen LogP contribution in [0.4, 0.5) is 0 Å². The van der Waals surface area contributed by atoms with E-state index in [0.717, 1.165) is 45.5 Å². The largest absolute Gasteiger partial charge is 0.345 e. The minimum atomic E-state index is -0.147. The number of nitrogens with zero attached hydrogens (tertiary/aromatic N) is 3. The number of pyridine rings is 1. The van der Waals surface area contributed by atoms with Crippen molar-refractivity contribution in [2.24, 2.45) is 0 Å². The first-order valence-corrected chi connectivity index (χ1v) is 10.3. The molecule has 0 radical (unpaired) electrons. The number of fused-ring (bicyclic) bond motifs is 1. The molecule has 0 spiro atoms. The molecule has 1 N–H and O–H groups in total. The van der Waals surface area contributed by atoms with Gasteiger partial charge in [-0.2, -0.15) is 5.10 Å². The normalized spacial score (nSPS) is 12.1. The van der Waals surface area contributed by atoms with Crippen LogP contribution in [0.3, 0.4) is 0 Å². The maximum atomic E-state index is 13.3. The van der Waals surface area contributed by atoms with Gasteiger partial charge in [0.05, 0.1) is 28.5 Å². The lowest BCUT2D eigenvalue weighted by atomic mass is 10.0. The zero-order valence-electron chi connectivity index (χ0n) is 17.8. The van der Waals surface area contributed by atoms with Crippen LogP contribution < -0.4 is 5.32 Å². The minimum Gasteiger partial charge on any atom is -0.345 e. The van der Waals surface area contributed by atoms with Crippen LogP contribution in [0.15, 0.2) is 60.8 Å². The first-order valence-electron chi connectivity index (χ1n) is 10.3. The third kappa shape index (κ3) is 3.71. The summed E-state index contributed by atoms with van der Waals surface area (Å²) in [4.78, 5) is 18.2. The zero-order valence-corrected chi connectivity index (χ0v) is 17.8. The van der Waals surface area contributed by atoms with Gasteiger partial charge in [0.1, 0.15) is 0 Å². The Kier molecular flexibility index (Phi) is 5.36. The molecule has 5 nitrogen and oxygen atoms in total. The lowest BCUT2D eigenvalue weighted by molar-refractivity contribution is 0.0941. The van der Waals surface area contributed by atoms with Crippen LogP contribution in [0.5, 0.6) is 0 Å². The summed E-state index contributed by atoms with van der Waals surface area (Å²) in [6.07, 6.45) is 2.00. The van der Waals surface area contributed by atoms with Gasteiger partial charge < -0.3 is 5.32 Å². The summed E-state index contributed by atoms with van der Waals surface area (Å²) in [6.45, 7) is 8.88. The number of hydrogen-bond acceptors (Lipinski definition) is 3. The Hall–Kier alpha value is -3.47. The Morgan fingerprint density at radius 3 is 2.57 bits per heavy atom. The number of amides is 1. The SMILES string of the molecule is CCn1cc(C(C)NC(=O)c2cc(-c3ccccc3C)nc3ccccc23)c(C)n1. The molecule has 0 saturated carbocycles. The molecule has 152 valence electrons. The van der Waals surface area contributed by atoms with Crippen LogP contribution in [0.2, 0.25) is 0 Å². The molecule has 4 aromatic rings. The second-order valence-corrected chi connectivity index (χ2v) is 7.61. The minimum absolute atomic E-state index is 0.111. The van der Waals surface area contributed by atoms with Crippen LogP contribution in [0, 0.1) is 13.8 Å². The topological polar surface area (TPSA) is 59.8 Å². The lowest BCUT2D eigenvalue weighted by Crippen LogP contribution is -2.27. The molecule has 5 heteroatoms. The van der Waals surface area contributed by atoms with E-state index in [4.69, 9.17) is 4.98 Å². The average molecular weight is 399 g/mol. The van der Waals surface area contributed by atoms with Crippen molar-refractivity contribution in [3.8, 4) is 11.3 Å². The van der Waals surface area contributed by atoms with Gasteiger partial charge in [0.25, 0.3) is 5.91 Å². The molecule has 2 aromatic heterocycles. The van der Waals surface area contributed by atoms with E-state index in [0.29, 0.717) is 5.56 Å². The third-order valence-corrected chi connectivity index (χ3v) is 5.50. The Bertz CT molecular complexity index is 1230. The summed E-state index contributed by atoms with van der Waals surface area (Å²) in [5.74, 6) is -0.111. The van der Waals surface area contributed by atoms with Crippen molar-refractivity contribution in [1.29, 1.82) is 0 Å². The second kappa shape index (κ2) is 8.11. The van der Waals surface area contributed by atoms with Crippen molar-refractivity contribution < 1.29 is 4.79 Å². The zero-order chi connectivity index (χ0) is 21.3. The van der Waals surface area contributed by atoms with Gasteiger partial charge in [-0.15, -0.1) is 0 Å². The van der Waals surface area contributed by atoms with Gasteiger partial charge >= 0.3 is 0 Å². The van der Waals surface area contributed by atoms with Crippen LogP contribution in [-0.4, -0.2) is 20.7 Å². The highest BCUT2D eigenvalue weighted by Crippen LogP contribution is 2.27. The number of rotatable bonds is 5. The van der Waals surface area contributed by atoms with E-state index in [1.807, 2.05) is 73.3 Å². The summed E-state index contributed by atoms with van der Waals surface area (Å²) in [5.41, 5.74) is 6.37. The summed E-state index contributed by atoms with van der Waals surface area (Å²) in [5, 5.41) is 8.50. The molecule has 0 aliphatic rings. The molecular weight excluding hydrogens is 372 g/mol. The summed E-state index contributed by atoms with van der Waals surface area (Å²) in [6, 6.07) is 17.6. The number of nitrogens with one attached hydrogen (secondary N) is 1. The van der Waals surface area contributed by atoms with E-state index in [2.05, 4.69) is 30.3 Å². The van der Waals surface area contributed by atoms with Crippen molar-refractivity contribution in [3.63, 3.8) is 0 Å². The highest BCUT2D eigenvalue weighted by Gasteiger charge is 2.19. The van der Waals surface area contributed by atoms with E-state index in [-0.39, 0.29) is 11.9 Å². The third-order valence-electron chi connectivity index (χ3n) is 5.50. The van der Waals surface area contributed by atoms with Crippen molar-refractivity contribution in [1.82, 2.24) is 20.1 Å². The fraction of sp³-hybridized carbons (Fsp3) is 0.240. The number of aryl methyl sites for hydroxylation is 3. The molecule has 30 heavy (non-hydrogen) atoms. The molecule has 0 aliphatic carbocycles. The molecular formula is C25H26N4O. The Balaban J connectivity index is 1.74. The number of carbonyl (C=O) groups is 1. The fourth-order valence-electron chi connectivity index (χ4n) is 3.83. The Morgan fingerprint density at radius 2 is 1.83 bits per heavy atom. The Morgan fingerprint density at radius 1 is 1.10 bits per heavy atom. The molecule has 1 atom stereocenters. The average Bonchev–Trinajstić information content (AvgIpc) is 3.14. The van der Waals surface area contributed by atoms with E-state index in [1.54, 1.807) is 0 Å². The van der Waals surface area contributed by atoms with Gasteiger partial charge in [-0.05, 0) is 45.4 Å². The number of benzene rings is 2. The van der Waals surface area contributed by atoms with Crippen molar-refractivity contribution in [2.45, 2.75) is 40.3 Å². The predicted octanol–water partition coefficient (Wildman–Crippen LogP) is 5.23. The van der Waals surface area contributed by atoms with Crippen molar-refractivity contribution >= 4 is 16.8 Å². The van der Waals surface area contributed by atoms with Crippen LogP contribution in [-0.2, 0) is 6.54 Å². The molecule has 2 aromatic carbocycles. The summed E-state index contributed by atoms with van der Waals surface area (Å²) in [7, 11) is 0. The molecule has 0 bridgehead atoms. The number of carbonyl (C=O) groups excluding carboxylic acids is 1. The maximum absolute atomic E-state index is 13.3. The molecule has 0 saturated heterocycles. The first-order chi connectivity index (χ1) is 14.5. The van der Waals surface area contributed by atoms with Crippen molar-refractivity contribution in [3.05, 3.63) is 83.2 Å². The standard InChI is InChI=1S/C25H26N4O/c1-5-29-15-22(18(4)28-29)17(3)26-25(30)21-14-24(19-11-7-6-10-16(19)2)27-23-13-9-8-12-20(21)23/h6-15,17H,5H2,1-4H3,(H,26,30). The van der Waals surface area contributed by atoms with Gasteiger partial charge in [0.2, 0.25) is 0 Å². The molecule has 4 rings (SSSR count). The molecule has 0 fully saturated rings. The van der Waals surface area contributed by atoms with E-state index >= 15 is 0 Å².